The van der Waals surface area contributed by atoms with Gasteiger partial charge in [0, 0.05) is 11.7 Å². The lowest BCUT2D eigenvalue weighted by Gasteiger charge is -2.20. The van der Waals surface area contributed by atoms with E-state index in [0.717, 1.165) is 17.4 Å². The maximum Gasteiger partial charge on any atom is 0.174 e. The Labute approximate surface area is 109 Å². The molecule has 1 saturated carbocycles. The number of hydrogen-bond donors (Lipinski definition) is 1. The third-order valence-electron chi connectivity index (χ3n) is 3.69. The standard InChI is InChI=1S/C15H20N2O/c1-2-12-4-3-5-15(12)17-13-6-8-14(9-7-13)18-11-10-16/h6-9,12,15,17H,2-5,11H2,1H3. The Kier molecular flexibility index (Phi) is 4.46. The predicted molar refractivity (Wildman–Crippen MR) is 72.6 cm³/mol. The predicted octanol–water partition coefficient (Wildman–Crippen LogP) is 3.58. The highest BCUT2D eigenvalue weighted by Gasteiger charge is 2.25. The molecule has 0 spiro atoms. The molecular formula is C15H20N2O. The van der Waals surface area contributed by atoms with Gasteiger partial charge in [-0.25, -0.2) is 0 Å². The zero-order valence-electron chi connectivity index (χ0n) is 10.9. The summed E-state index contributed by atoms with van der Waals surface area (Å²) < 4.78 is 5.23. The fourth-order valence-corrected chi connectivity index (χ4v) is 2.69. The Morgan fingerprint density at radius 3 is 2.78 bits per heavy atom. The molecule has 1 aromatic rings. The number of hydrogen-bond acceptors (Lipinski definition) is 3. The Hall–Kier alpha value is -1.69. The van der Waals surface area contributed by atoms with E-state index in [1.165, 1.54) is 25.7 Å². The summed E-state index contributed by atoms with van der Waals surface area (Å²) in [7, 11) is 0. The molecular weight excluding hydrogens is 224 g/mol. The lowest BCUT2D eigenvalue weighted by atomic mass is 10.0. The van der Waals surface area contributed by atoms with Crippen LogP contribution in [0.15, 0.2) is 24.3 Å². The first-order valence-electron chi connectivity index (χ1n) is 6.70. The second-order valence-electron chi connectivity index (χ2n) is 4.82. The first-order chi connectivity index (χ1) is 8.83. The summed E-state index contributed by atoms with van der Waals surface area (Å²) in [6.45, 7) is 2.37. The minimum atomic E-state index is 0.104. The first kappa shape index (κ1) is 12.8. The van der Waals surface area contributed by atoms with Crippen molar-refractivity contribution >= 4 is 5.69 Å². The van der Waals surface area contributed by atoms with E-state index in [1.54, 1.807) is 0 Å². The van der Waals surface area contributed by atoms with Crippen molar-refractivity contribution in [2.24, 2.45) is 5.92 Å². The van der Waals surface area contributed by atoms with Gasteiger partial charge >= 0.3 is 0 Å². The van der Waals surface area contributed by atoms with E-state index in [2.05, 4.69) is 12.2 Å². The molecule has 0 heterocycles. The molecule has 2 unspecified atom stereocenters. The van der Waals surface area contributed by atoms with Crippen LogP contribution < -0.4 is 10.1 Å². The molecule has 0 amide bonds. The van der Waals surface area contributed by atoms with E-state index in [1.807, 2.05) is 30.3 Å². The molecule has 0 bridgehead atoms. The minimum absolute atomic E-state index is 0.104. The van der Waals surface area contributed by atoms with Crippen molar-refractivity contribution in [2.45, 2.75) is 38.6 Å². The molecule has 3 nitrogen and oxygen atoms in total. The fraction of sp³-hybridized carbons (Fsp3) is 0.533. The van der Waals surface area contributed by atoms with Crippen molar-refractivity contribution in [3.05, 3.63) is 24.3 Å². The molecule has 1 N–H and O–H groups in total. The number of anilines is 1. The van der Waals surface area contributed by atoms with Crippen molar-refractivity contribution in [1.82, 2.24) is 0 Å². The monoisotopic (exact) mass is 244 g/mol. The van der Waals surface area contributed by atoms with Crippen molar-refractivity contribution < 1.29 is 4.74 Å². The van der Waals surface area contributed by atoms with Gasteiger partial charge in [-0.1, -0.05) is 19.8 Å². The molecule has 2 rings (SSSR count). The Balaban J connectivity index is 1.92. The molecule has 96 valence electrons. The number of nitriles is 1. The molecule has 2 atom stereocenters. The normalized spacial score (nSPS) is 22.4. The highest BCUT2D eigenvalue weighted by Crippen LogP contribution is 2.31. The number of nitrogens with zero attached hydrogens (tertiary/aromatic N) is 1. The molecule has 1 aliphatic carbocycles. The van der Waals surface area contributed by atoms with Crippen molar-refractivity contribution in [1.29, 1.82) is 5.26 Å². The quantitative estimate of drug-likeness (QED) is 0.861. The largest absolute Gasteiger partial charge is 0.479 e. The van der Waals surface area contributed by atoms with Gasteiger partial charge in [0.05, 0.1) is 0 Å². The van der Waals surface area contributed by atoms with E-state index in [4.69, 9.17) is 10.00 Å². The van der Waals surface area contributed by atoms with Gasteiger partial charge < -0.3 is 10.1 Å². The van der Waals surface area contributed by atoms with Crippen molar-refractivity contribution in [3.8, 4) is 11.8 Å². The third-order valence-corrected chi connectivity index (χ3v) is 3.69. The van der Waals surface area contributed by atoms with Crippen LogP contribution in [0.5, 0.6) is 5.75 Å². The number of ether oxygens (including phenoxy) is 1. The second-order valence-corrected chi connectivity index (χ2v) is 4.82. The summed E-state index contributed by atoms with van der Waals surface area (Å²) >= 11 is 0. The van der Waals surface area contributed by atoms with Crippen LogP contribution in [0.4, 0.5) is 5.69 Å². The van der Waals surface area contributed by atoms with Crippen LogP contribution in [0.2, 0.25) is 0 Å². The fourth-order valence-electron chi connectivity index (χ4n) is 2.69. The third kappa shape index (κ3) is 3.16. The van der Waals surface area contributed by atoms with Gasteiger partial charge in [0.15, 0.2) is 6.61 Å². The first-order valence-corrected chi connectivity index (χ1v) is 6.70. The molecule has 1 fully saturated rings. The summed E-state index contributed by atoms with van der Waals surface area (Å²) in [4.78, 5) is 0. The van der Waals surface area contributed by atoms with Crippen LogP contribution in [0.1, 0.15) is 32.6 Å². The van der Waals surface area contributed by atoms with Gasteiger partial charge in [-0.05, 0) is 43.0 Å². The van der Waals surface area contributed by atoms with E-state index in [-0.39, 0.29) is 6.61 Å². The molecule has 1 aliphatic rings. The Morgan fingerprint density at radius 1 is 1.33 bits per heavy atom. The SMILES string of the molecule is CCC1CCCC1Nc1ccc(OCC#N)cc1. The maximum atomic E-state index is 8.44. The van der Waals surface area contributed by atoms with Crippen molar-refractivity contribution in [2.75, 3.05) is 11.9 Å². The number of benzene rings is 1. The Bertz CT molecular complexity index is 407. The maximum absolute atomic E-state index is 8.44. The average molecular weight is 244 g/mol. The molecule has 0 saturated heterocycles. The van der Waals surface area contributed by atoms with Crippen molar-refractivity contribution in [3.63, 3.8) is 0 Å². The van der Waals surface area contributed by atoms with E-state index >= 15 is 0 Å². The highest BCUT2D eigenvalue weighted by molar-refractivity contribution is 5.47. The molecule has 0 aromatic heterocycles. The van der Waals surface area contributed by atoms with Gasteiger partial charge in [0.2, 0.25) is 0 Å². The van der Waals surface area contributed by atoms with E-state index < -0.39 is 0 Å². The summed E-state index contributed by atoms with van der Waals surface area (Å²) in [5, 5.41) is 12.0. The van der Waals surface area contributed by atoms with Crippen LogP contribution in [0.25, 0.3) is 0 Å². The van der Waals surface area contributed by atoms with E-state index in [0.29, 0.717) is 6.04 Å². The van der Waals surface area contributed by atoms with Crippen LogP contribution >= 0.6 is 0 Å². The summed E-state index contributed by atoms with van der Waals surface area (Å²) in [6, 6.07) is 10.5. The highest BCUT2D eigenvalue weighted by atomic mass is 16.5. The van der Waals surface area contributed by atoms with Crippen LogP contribution in [-0.2, 0) is 0 Å². The summed E-state index contributed by atoms with van der Waals surface area (Å²) in [5.41, 5.74) is 1.14. The molecule has 0 aliphatic heterocycles. The second kappa shape index (κ2) is 6.30. The van der Waals surface area contributed by atoms with Gasteiger partial charge in [0.25, 0.3) is 0 Å². The topological polar surface area (TPSA) is 45.0 Å². The zero-order valence-corrected chi connectivity index (χ0v) is 10.9. The van der Waals surface area contributed by atoms with Crippen LogP contribution in [0, 0.1) is 17.2 Å². The zero-order chi connectivity index (χ0) is 12.8. The molecule has 0 radical (unpaired) electrons. The lowest BCUT2D eigenvalue weighted by molar-refractivity contribution is 0.368. The van der Waals surface area contributed by atoms with Crippen LogP contribution in [0.3, 0.4) is 0 Å². The average Bonchev–Trinajstić information content (AvgIpc) is 2.85. The van der Waals surface area contributed by atoms with E-state index in [9.17, 15) is 0 Å². The minimum Gasteiger partial charge on any atom is -0.479 e. The van der Waals surface area contributed by atoms with Gasteiger partial charge in [-0.15, -0.1) is 0 Å². The van der Waals surface area contributed by atoms with Gasteiger partial charge in [0.1, 0.15) is 11.8 Å². The summed E-state index contributed by atoms with van der Waals surface area (Å²) in [5.74, 6) is 1.56. The lowest BCUT2D eigenvalue weighted by Crippen LogP contribution is -2.23. The molecule has 1 aromatic carbocycles. The number of nitrogens with one attached hydrogen (secondary N) is 1. The Morgan fingerprint density at radius 2 is 2.11 bits per heavy atom. The van der Waals surface area contributed by atoms with Crippen LogP contribution in [-0.4, -0.2) is 12.6 Å². The molecule has 3 heteroatoms. The smallest absolute Gasteiger partial charge is 0.174 e. The summed E-state index contributed by atoms with van der Waals surface area (Å²) in [6.07, 6.45) is 5.20. The van der Waals surface area contributed by atoms with Gasteiger partial charge in [-0.2, -0.15) is 5.26 Å². The van der Waals surface area contributed by atoms with Gasteiger partial charge in [-0.3, -0.25) is 0 Å². The number of rotatable bonds is 5. The molecule has 18 heavy (non-hydrogen) atoms.